The van der Waals surface area contributed by atoms with Crippen molar-refractivity contribution in [1.29, 1.82) is 0 Å². The predicted molar refractivity (Wildman–Crippen MR) is 108 cm³/mol. The second kappa shape index (κ2) is 8.57. The number of hydrogen-bond donors (Lipinski definition) is 0. The van der Waals surface area contributed by atoms with E-state index in [4.69, 9.17) is 4.74 Å². The Balaban J connectivity index is 1.68. The fraction of sp³-hybridized carbons (Fsp3) is 0.522. The highest BCUT2D eigenvalue weighted by Crippen LogP contribution is 2.42. The molecule has 1 unspecified atom stereocenters. The first kappa shape index (κ1) is 18.8. The van der Waals surface area contributed by atoms with Gasteiger partial charge in [0.15, 0.2) is 0 Å². The minimum absolute atomic E-state index is 0.285. The van der Waals surface area contributed by atoms with Gasteiger partial charge in [0.05, 0.1) is 7.11 Å². The van der Waals surface area contributed by atoms with Crippen molar-refractivity contribution in [2.75, 3.05) is 20.7 Å². The van der Waals surface area contributed by atoms with Gasteiger partial charge in [0.25, 0.3) is 0 Å². The average molecular weight is 354 g/mol. The molecule has 3 rings (SSSR count). The standard InChI is InChI=1S/C23H31NO2/c1-4-5-11-22(25)24(2)16-7-9-17-12-14-20-21(26-3)15-13-18-8-6-10-19(17)23(18)20/h6,8,10,13,15,17H,4-5,7,9,11-12,14,16H2,1-3H3. The summed E-state index contributed by atoms with van der Waals surface area (Å²) in [4.78, 5) is 14.0. The Labute approximate surface area is 157 Å². The van der Waals surface area contributed by atoms with Gasteiger partial charge in [-0.2, -0.15) is 0 Å². The van der Waals surface area contributed by atoms with Gasteiger partial charge in [-0.3, -0.25) is 4.79 Å². The fourth-order valence-corrected chi connectivity index (χ4v) is 4.24. The lowest BCUT2D eigenvalue weighted by Gasteiger charge is -2.28. The molecule has 0 fully saturated rings. The molecule has 1 aliphatic carbocycles. The molecular weight excluding hydrogens is 322 g/mol. The molecule has 1 atom stereocenters. The molecule has 0 radical (unpaired) electrons. The third-order valence-electron chi connectivity index (χ3n) is 5.76. The number of methoxy groups -OCH3 is 1. The van der Waals surface area contributed by atoms with Crippen molar-refractivity contribution >= 4 is 16.7 Å². The highest BCUT2D eigenvalue weighted by Gasteiger charge is 2.24. The molecule has 0 spiro atoms. The molecule has 26 heavy (non-hydrogen) atoms. The van der Waals surface area contributed by atoms with E-state index in [1.807, 2.05) is 11.9 Å². The van der Waals surface area contributed by atoms with Gasteiger partial charge >= 0.3 is 0 Å². The largest absolute Gasteiger partial charge is 0.496 e. The number of aryl methyl sites for hydroxylation is 1. The first-order valence-electron chi connectivity index (χ1n) is 9.98. The number of benzene rings is 2. The van der Waals surface area contributed by atoms with E-state index in [1.54, 1.807) is 7.11 Å². The van der Waals surface area contributed by atoms with Crippen LogP contribution >= 0.6 is 0 Å². The van der Waals surface area contributed by atoms with E-state index in [1.165, 1.54) is 28.3 Å². The SMILES string of the molecule is CCCCC(=O)N(C)CCCC1CCc2c(OC)ccc3cccc1c23. The fourth-order valence-electron chi connectivity index (χ4n) is 4.24. The number of amides is 1. The smallest absolute Gasteiger partial charge is 0.222 e. The Bertz CT molecular complexity index is 768. The number of nitrogens with zero attached hydrogens (tertiary/aromatic N) is 1. The lowest BCUT2D eigenvalue weighted by Crippen LogP contribution is -2.27. The highest BCUT2D eigenvalue weighted by molar-refractivity contribution is 5.92. The van der Waals surface area contributed by atoms with Crippen LogP contribution in [0.15, 0.2) is 30.3 Å². The second-order valence-electron chi connectivity index (χ2n) is 7.49. The van der Waals surface area contributed by atoms with E-state index in [0.29, 0.717) is 12.3 Å². The quantitative estimate of drug-likeness (QED) is 0.644. The monoisotopic (exact) mass is 353 g/mol. The Morgan fingerprint density at radius 3 is 2.85 bits per heavy atom. The summed E-state index contributed by atoms with van der Waals surface area (Å²) in [5.41, 5.74) is 2.83. The molecule has 140 valence electrons. The molecule has 1 amide bonds. The van der Waals surface area contributed by atoms with Gasteiger partial charge in [-0.1, -0.05) is 37.6 Å². The van der Waals surface area contributed by atoms with E-state index >= 15 is 0 Å². The van der Waals surface area contributed by atoms with Crippen LogP contribution in [0, 0.1) is 0 Å². The molecular formula is C23H31NO2. The molecule has 0 N–H and O–H groups in total. The number of ether oxygens (including phenoxy) is 1. The predicted octanol–water partition coefficient (Wildman–Crippen LogP) is 5.31. The third kappa shape index (κ3) is 3.87. The van der Waals surface area contributed by atoms with Gasteiger partial charge < -0.3 is 9.64 Å². The van der Waals surface area contributed by atoms with Crippen LogP contribution in [-0.4, -0.2) is 31.5 Å². The van der Waals surface area contributed by atoms with E-state index in [0.717, 1.165) is 44.4 Å². The summed E-state index contributed by atoms with van der Waals surface area (Å²) in [6.45, 7) is 2.99. The number of unbranched alkanes of at least 4 members (excludes halogenated alkanes) is 1. The maximum atomic E-state index is 12.1. The van der Waals surface area contributed by atoms with Crippen molar-refractivity contribution in [3.63, 3.8) is 0 Å². The number of carbonyl (C=O) groups excluding carboxylic acids is 1. The zero-order valence-electron chi connectivity index (χ0n) is 16.4. The van der Waals surface area contributed by atoms with Crippen LogP contribution in [-0.2, 0) is 11.2 Å². The molecule has 0 aromatic heterocycles. The lowest BCUT2D eigenvalue weighted by molar-refractivity contribution is -0.130. The summed E-state index contributed by atoms with van der Waals surface area (Å²) in [7, 11) is 3.71. The van der Waals surface area contributed by atoms with Crippen LogP contribution in [0.2, 0.25) is 0 Å². The zero-order valence-corrected chi connectivity index (χ0v) is 16.4. The van der Waals surface area contributed by atoms with Gasteiger partial charge in [-0.05, 0) is 60.4 Å². The Morgan fingerprint density at radius 2 is 2.08 bits per heavy atom. The van der Waals surface area contributed by atoms with Crippen molar-refractivity contribution < 1.29 is 9.53 Å². The van der Waals surface area contributed by atoms with Crippen LogP contribution in [0.4, 0.5) is 0 Å². The first-order valence-corrected chi connectivity index (χ1v) is 9.98. The summed E-state index contributed by atoms with van der Waals surface area (Å²) < 4.78 is 5.60. The molecule has 0 saturated carbocycles. The van der Waals surface area contributed by atoms with Gasteiger partial charge in [0.1, 0.15) is 5.75 Å². The topological polar surface area (TPSA) is 29.5 Å². The van der Waals surface area contributed by atoms with Crippen molar-refractivity contribution in [1.82, 2.24) is 4.90 Å². The van der Waals surface area contributed by atoms with Crippen molar-refractivity contribution in [3.8, 4) is 5.75 Å². The van der Waals surface area contributed by atoms with Crippen LogP contribution in [0.5, 0.6) is 5.75 Å². The van der Waals surface area contributed by atoms with Crippen LogP contribution < -0.4 is 4.74 Å². The van der Waals surface area contributed by atoms with Crippen LogP contribution in [0.25, 0.3) is 10.8 Å². The summed E-state index contributed by atoms with van der Waals surface area (Å²) in [6, 6.07) is 10.9. The van der Waals surface area contributed by atoms with Crippen molar-refractivity contribution in [3.05, 3.63) is 41.5 Å². The molecule has 2 aromatic rings. The van der Waals surface area contributed by atoms with Gasteiger partial charge in [-0.25, -0.2) is 0 Å². The van der Waals surface area contributed by atoms with Crippen molar-refractivity contribution in [2.24, 2.45) is 0 Å². The number of rotatable bonds is 8. The van der Waals surface area contributed by atoms with Gasteiger partial charge in [-0.15, -0.1) is 0 Å². The first-order chi connectivity index (χ1) is 12.7. The van der Waals surface area contributed by atoms with Crippen molar-refractivity contribution in [2.45, 2.75) is 57.8 Å². The van der Waals surface area contributed by atoms with E-state index in [2.05, 4.69) is 37.3 Å². The summed E-state index contributed by atoms with van der Waals surface area (Å²) in [5, 5.41) is 2.71. The Morgan fingerprint density at radius 1 is 1.23 bits per heavy atom. The summed E-state index contributed by atoms with van der Waals surface area (Å²) in [6.07, 6.45) is 7.20. The molecule has 3 nitrogen and oxygen atoms in total. The molecule has 0 heterocycles. The maximum absolute atomic E-state index is 12.1. The third-order valence-corrected chi connectivity index (χ3v) is 5.76. The molecule has 0 aliphatic heterocycles. The summed E-state index contributed by atoms with van der Waals surface area (Å²) in [5.74, 6) is 1.88. The number of hydrogen-bond acceptors (Lipinski definition) is 2. The number of carbonyl (C=O) groups is 1. The lowest BCUT2D eigenvalue weighted by atomic mass is 9.79. The normalized spacial score (nSPS) is 15.9. The molecule has 0 bridgehead atoms. The minimum Gasteiger partial charge on any atom is -0.496 e. The second-order valence-corrected chi connectivity index (χ2v) is 7.49. The Kier molecular flexibility index (Phi) is 6.18. The highest BCUT2D eigenvalue weighted by atomic mass is 16.5. The van der Waals surface area contributed by atoms with E-state index < -0.39 is 0 Å². The average Bonchev–Trinajstić information content (AvgIpc) is 2.67. The van der Waals surface area contributed by atoms with E-state index in [-0.39, 0.29) is 5.91 Å². The maximum Gasteiger partial charge on any atom is 0.222 e. The Hall–Kier alpha value is -2.03. The summed E-state index contributed by atoms with van der Waals surface area (Å²) >= 11 is 0. The molecule has 0 saturated heterocycles. The molecule has 2 aromatic carbocycles. The van der Waals surface area contributed by atoms with Crippen LogP contribution in [0.1, 0.15) is 62.5 Å². The minimum atomic E-state index is 0.285. The van der Waals surface area contributed by atoms with E-state index in [9.17, 15) is 4.79 Å². The van der Waals surface area contributed by atoms with Gasteiger partial charge in [0.2, 0.25) is 5.91 Å². The zero-order chi connectivity index (χ0) is 18.5. The van der Waals surface area contributed by atoms with Gasteiger partial charge in [0, 0.05) is 25.6 Å². The van der Waals surface area contributed by atoms with Crippen LogP contribution in [0.3, 0.4) is 0 Å². The molecule has 1 aliphatic rings. The molecule has 3 heteroatoms.